The molecule has 1 N–H and O–H groups in total. The lowest BCUT2D eigenvalue weighted by Gasteiger charge is -2.20. The quantitative estimate of drug-likeness (QED) is 0.571. The Hall–Kier alpha value is -2.42. The molecule has 0 heterocycles. The minimum atomic E-state index is -0.116. The monoisotopic (exact) mass is 364 g/mol. The molecular weight excluding hydrogens is 332 g/mol. The highest BCUT2D eigenvalue weighted by Crippen LogP contribution is 2.32. The maximum atomic E-state index is 13.1. The lowest BCUT2D eigenvalue weighted by molar-refractivity contribution is -0.110. The zero-order valence-electron chi connectivity index (χ0n) is 17.7. The van der Waals surface area contributed by atoms with E-state index in [0.717, 1.165) is 33.6 Å². The Kier molecular flexibility index (Phi) is 6.95. The SMILES string of the molecule is CCC(=Nc1c(C)cccc1C)C(=O)Nc1c(C(C)C)cccc1C(C)C. The Morgan fingerprint density at radius 1 is 0.926 bits per heavy atom. The van der Waals surface area contributed by atoms with Gasteiger partial charge in [-0.2, -0.15) is 0 Å². The number of benzene rings is 2. The molecule has 1 amide bonds. The summed E-state index contributed by atoms with van der Waals surface area (Å²) in [6, 6.07) is 12.3. The summed E-state index contributed by atoms with van der Waals surface area (Å²) in [7, 11) is 0. The van der Waals surface area contributed by atoms with Crippen molar-refractivity contribution in [1.82, 2.24) is 0 Å². The maximum absolute atomic E-state index is 13.1. The second-order valence-electron chi connectivity index (χ2n) is 7.73. The number of nitrogens with zero attached hydrogens (tertiary/aromatic N) is 1. The van der Waals surface area contributed by atoms with E-state index >= 15 is 0 Å². The van der Waals surface area contributed by atoms with E-state index < -0.39 is 0 Å². The average Bonchev–Trinajstić information content (AvgIpc) is 2.61. The number of nitrogens with one attached hydrogen (secondary N) is 1. The summed E-state index contributed by atoms with van der Waals surface area (Å²) in [5, 5.41) is 3.18. The standard InChI is InChI=1S/C24H32N2O/c1-8-21(25-22-17(6)11-9-12-18(22)7)24(27)26-23-19(15(2)3)13-10-14-20(23)16(4)5/h9-16H,8H2,1-7H3,(H,26,27). The van der Waals surface area contributed by atoms with Gasteiger partial charge in [-0.15, -0.1) is 0 Å². The number of amides is 1. The van der Waals surface area contributed by atoms with E-state index in [0.29, 0.717) is 24.0 Å². The third-order valence-electron chi connectivity index (χ3n) is 4.89. The molecule has 2 aromatic carbocycles. The van der Waals surface area contributed by atoms with Crippen molar-refractivity contribution in [2.75, 3.05) is 5.32 Å². The van der Waals surface area contributed by atoms with E-state index in [2.05, 4.69) is 51.2 Å². The number of carbonyl (C=O) groups is 1. The molecule has 0 aliphatic heterocycles. The lowest BCUT2D eigenvalue weighted by atomic mass is 9.92. The van der Waals surface area contributed by atoms with Crippen LogP contribution in [0.2, 0.25) is 0 Å². The van der Waals surface area contributed by atoms with Crippen LogP contribution in [-0.4, -0.2) is 11.6 Å². The molecular formula is C24H32N2O. The first-order valence-electron chi connectivity index (χ1n) is 9.84. The highest BCUT2D eigenvalue weighted by molar-refractivity contribution is 6.43. The molecule has 2 rings (SSSR count). The minimum absolute atomic E-state index is 0.116. The van der Waals surface area contributed by atoms with Gasteiger partial charge in [0.1, 0.15) is 5.71 Å². The molecule has 0 saturated carbocycles. The Morgan fingerprint density at radius 3 is 1.85 bits per heavy atom. The van der Waals surface area contributed by atoms with E-state index in [9.17, 15) is 4.79 Å². The van der Waals surface area contributed by atoms with Crippen molar-refractivity contribution in [3.63, 3.8) is 0 Å². The fourth-order valence-corrected chi connectivity index (χ4v) is 3.29. The van der Waals surface area contributed by atoms with Crippen molar-refractivity contribution in [2.45, 2.75) is 66.7 Å². The van der Waals surface area contributed by atoms with E-state index in [1.807, 2.05) is 39.0 Å². The van der Waals surface area contributed by atoms with Crippen LogP contribution in [0.4, 0.5) is 11.4 Å². The average molecular weight is 365 g/mol. The largest absolute Gasteiger partial charge is 0.320 e. The van der Waals surface area contributed by atoms with Crippen LogP contribution in [0.25, 0.3) is 0 Å². The van der Waals surface area contributed by atoms with Crippen molar-refractivity contribution >= 4 is 23.0 Å². The fraction of sp³-hybridized carbons (Fsp3) is 0.417. The van der Waals surface area contributed by atoms with E-state index in [1.165, 1.54) is 0 Å². The first kappa shape index (κ1) is 20.9. The summed E-state index contributed by atoms with van der Waals surface area (Å²) in [5.41, 5.74) is 6.88. The third kappa shape index (κ3) is 4.85. The molecule has 0 aromatic heterocycles. The van der Waals surface area contributed by atoms with Crippen LogP contribution in [0, 0.1) is 13.8 Å². The zero-order valence-corrected chi connectivity index (χ0v) is 17.7. The summed E-state index contributed by atoms with van der Waals surface area (Å²) in [5.74, 6) is 0.550. The first-order chi connectivity index (χ1) is 12.8. The number of para-hydroxylation sites is 2. The number of hydrogen-bond acceptors (Lipinski definition) is 2. The van der Waals surface area contributed by atoms with Crippen LogP contribution in [0.15, 0.2) is 41.4 Å². The van der Waals surface area contributed by atoms with E-state index in [1.54, 1.807) is 0 Å². The predicted octanol–water partition coefficient (Wildman–Crippen LogP) is 6.67. The van der Waals surface area contributed by atoms with Crippen molar-refractivity contribution in [3.05, 3.63) is 58.7 Å². The summed E-state index contributed by atoms with van der Waals surface area (Å²) < 4.78 is 0. The van der Waals surface area contributed by atoms with Gasteiger partial charge in [0.2, 0.25) is 0 Å². The van der Waals surface area contributed by atoms with Crippen molar-refractivity contribution < 1.29 is 4.79 Å². The van der Waals surface area contributed by atoms with E-state index in [4.69, 9.17) is 4.99 Å². The highest BCUT2D eigenvalue weighted by Gasteiger charge is 2.18. The second kappa shape index (κ2) is 8.98. The summed E-state index contributed by atoms with van der Waals surface area (Å²) in [6.45, 7) is 14.6. The Labute approximate surface area is 163 Å². The molecule has 0 unspecified atom stereocenters. The van der Waals surface area contributed by atoms with Gasteiger partial charge in [-0.1, -0.05) is 71.0 Å². The third-order valence-corrected chi connectivity index (χ3v) is 4.89. The molecule has 0 aliphatic carbocycles. The molecule has 0 fully saturated rings. The Balaban J connectivity index is 2.45. The first-order valence-corrected chi connectivity index (χ1v) is 9.84. The van der Waals surface area contributed by atoms with Gasteiger partial charge in [-0.25, -0.2) is 4.99 Å². The molecule has 0 atom stereocenters. The summed E-state index contributed by atoms with van der Waals surface area (Å²) in [6.07, 6.45) is 0.584. The van der Waals surface area contributed by atoms with Crippen molar-refractivity contribution in [1.29, 1.82) is 0 Å². The van der Waals surface area contributed by atoms with Gasteiger partial charge < -0.3 is 5.32 Å². The molecule has 144 valence electrons. The fourth-order valence-electron chi connectivity index (χ4n) is 3.29. The minimum Gasteiger partial charge on any atom is -0.320 e. The predicted molar refractivity (Wildman–Crippen MR) is 117 cm³/mol. The van der Waals surface area contributed by atoms with Gasteiger partial charge in [0.15, 0.2) is 0 Å². The topological polar surface area (TPSA) is 41.5 Å². The van der Waals surface area contributed by atoms with Gasteiger partial charge >= 0.3 is 0 Å². The Morgan fingerprint density at radius 2 is 1.41 bits per heavy atom. The summed E-state index contributed by atoms with van der Waals surface area (Å²) >= 11 is 0. The van der Waals surface area contributed by atoms with Crippen LogP contribution >= 0.6 is 0 Å². The molecule has 0 radical (unpaired) electrons. The highest BCUT2D eigenvalue weighted by atomic mass is 16.1. The van der Waals surface area contributed by atoms with Gasteiger partial charge in [0, 0.05) is 5.69 Å². The molecule has 27 heavy (non-hydrogen) atoms. The van der Waals surface area contributed by atoms with Gasteiger partial charge in [-0.3, -0.25) is 4.79 Å². The van der Waals surface area contributed by atoms with Crippen LogP contribution in [0.1, 0.15) is 75.1 Å². The van der Waals surface area contributed by atoms with Crippen LogP contribution in [0.5, 0.6) is 0 Å². The van der Waals surface area contributed by atoms with Crippen molar-refractivity contribution in [3.8, 4) is 0 Å². The molecule has 0 saturated heterocycles. The van der Waals surface area contributed by atoms with Gasteiger partial charge in [0.05, 0.1) is 5.69 Å². The number of aliphatic imine (C=N–C) groups is 1. The smallest absolute Gasteiger partial charge is 0.270 e. The van der Waals surface area contributed by atoms with Gasteiger partial charge in [0.25, 0.3) is 5.91 Å². The van der Waals surface area contributed by atoms with E-state index in [-0.39, 0.29) is 5.91 Å². The normalized spacial score (nSPS) is 12.0. The van der Waals surface area contributed by atoms with Crippen molar-refractivity contribution in [2.24, 2.45) is 4.99 Å². The lowest BCUT2D eigenvalue weighted by Crippen LogP contribution is -2.24. The number of aryl methyl sites for hydroxylation is 2. The van der Waals surface area contributed by atoms with Crippen LogP contribution in [0.3, 0.4) is 0 Å². The number of hydrogen-bond donors (Lipinski definition) is 1. The van der Waals surface area contributed by atoms with Gasteiger partial charge in [-0.05, 0) is 54.4 Å². The molecule has 3 nitrogen and oxygen atoms in total. The molecule has 0 spiro atoms. The number of rotatable bonds is 6. The second-order valence-corrected chi connectivity index (χ2v) is 7.73. The van der Waals surface area contributed by atoms with Crippen LogP contribution < -0.4 is 5.32 Å². The maximum Gasteiger partial charge on any atom is 0.270 e. The van der Waals surface area contributed by atoms with Crippen LogP contribution in [-0.2, 0) is 4.79 Å². The molecule has 0 aliphatic rings. The number of anilines is 1. The summed E-state index contributed by atoms with van der Waals surface area (Å²) in [4.78, 5) is 17.8. The molecule has 0 bridgehead atoms. The molecule has 3 heteroatoms. The zero-order chi connectivity index (χ0) is 20.1. The molecule has 2 aromatic rings. The Bertz CT molecular complexity index is 801. The number of carbonyl (C=O) groups excluding carboxylic acids is 1.